The van der Waals surface area contributed by atoms with Crippen molar-refractivity contribution in [3.8, 4) is 0 Å². The molecule has 1 N–H and O–H groups in total. The molecular weight excluding hydrogens is 826 g/mol. The van der Waals surface area contributed by atoms with E-state index in [4.69, 9.17) is 9.47 Å². The highest BCUT2D eigenvalue weighted by Gasteiger charge is 2.57. The van der Waals surface area contributed by atoms with Crippen molar-refractivity contribution in [1.29, 1.82) is 0 Å². The topological polar surface area (TPSA) is 84.9 Å². The highest BCUT2D eigenvalue weighted by molar-refractivity contribution is 8.00. The maximum atomic E-state index is 14.9. The number of carbonyl (C=O) groups is 3. The van der Waals surface area contributed by atoms with E-state index in [9.17, 15) is 14.4 Å². The molecule has 5 aromatic rings. The first-order valence-electron chi connectivity index (χ1n) is 17.7. The van der Waals surface area contributed by atoms with Crippen molar-refractivity contribution in [2.45, 2.75) is 43.9 Å². The van der Waals surface area contributed by atoms with Crippen LogP contribution in [0.2, 0.25) is 0 Å². The van der Waals surface area contributed by atoms with E-state index in [0.29, 0.717) is 11.9 Å². The number of fused-ring (bicyclic) bond motifs is 1. The number of halogens is 1. The van der Waals surface area contributed by atoms with Crippen LogP contribution in [0.1, 0.15) is 38.0 Å². The molecule has 2 amide bonds. The highest BCUT2D eigenvalue weighted by atomic mass is 127. The zero-order chi connectivity index (χ0) is 37.0. The Morgan fingerprint density at radius 2 is 1.17 bits per heavy atom. The van der Waals surface area contributed by atoms with Crippen LogP contribution in [-0.4, -0.2) is 51.8 Å². The Hall–Kier alpha value is -4.44. The molecule has 0 bridgehead atoms. The minimum absolute atomic E-state index is 0. The van der Waals surface area contributed by atoms with Gasteiger partial charge in [0.15, 0.2) is 6.10 Å². The Morgan fingerprint density at radius 3 is 1.59 bits per heavy atom. The summed E-state index contributed by atoms with van der Waals surface area (Å²) in [5, 5.41) is 5.75. The first kappa shape index (κ1) is 39.3. The number of hydrogen-bond donors (Lipinski definition) is 1. The Labute approximate surface area is 338 Å². The van der Waals surface area contributed by atoms with E-state index in [-0.39, 0.29) is 35.6 Å². The third-order valence-electron chi connectivity index (χ3n) is 9.36. The van der Waals surface area contributed by atoms with Gasteiger partial charge in [0, 0.05) is 11.3 Å². The van der Waals surface area contributed by atoms with E-state index < -0.39 is 42.4 Å². The van der Waals surface area contributed by atoms with Crippen LogP contribution in [0.25, 0.3) is 0 Å². The minimum atomic E-state index is -2.46. The van der Waals surface area contributed by atoms with Crippen molar-refractivity contribution in [2.24, 2.45) is 0 Å². The molecule has 0 aliphatic carbocycles. The Bertz CT molecular complexity index is 1960. The van der Waals surface area contributed by atoms with Gasteiger partial charge in [-0.3, -0.25) is 9.69 Å². The summed E-state index contributed by atoms with van der Waals surface area (Å²) in [7, 11) is -2.46. The fourth-order valence-electron chi connectivity index (χ4n) is 7.03. The molecule has 5 aromatic carbocycles. The Balaban J connectivity index is 0.00000497. The van der Waals surface area contributed by atoms with E-state index in [2.05, 4.69) is 78.1 Å². The summed E-state index contributed by atoms with van der Waals surface area (Å²) in [5.41, 5.74) is 1.96. The molecule has 0 saturated carbocycles. The molecule has 0 radical (unpaired) electrons. The van der Waals surface area contributed by atoms with Crippen molar-refractivity contribution in [1.82, 2.24) is 10.2 Å². The van der Waals surface area contributed by atoms with E-state index >= 15 is 0 Å². The second-order valence-electron chi connectivity index (χ2n) is 14.1. The number of alkyl carbamates (subject to hydrolysis) is 1. The number of carbonyl (C=O) groups excluding carboxylic acids is 3. The number of rotatable bonds is 10. The summed E-state index contributed by atoms with van der Waals surface area (Å²) < 4.78 is 12.0. The first-order valence-corrected chi connectivity index (χ1v) is 20.7. The summed E-state index contributed by atoms with van der Waals surface area (Å²) in [4.78, 5) is 43.5. The zero-order valence-corrected chi connectivity index (χ0v) is 34.2. The predicted molar refractivity (Wildman–Crippen MR) is 214 cm³/mol. The van der Waals surface area contributed by atoms with Gasteiger partial charge in [-0.1, -0.05) is 115 Å². The van der Waals surface area contributed by atoms with Gasteiger partial charge in [-0.15, -0.1) is 11.8 Å². The fourth-order valence-corrected chi connectivity index (χ4v) is 12.8. The van der Waals surface area contributed by atoms with Crippen LogP contribution in [0.5, 0.6) is 0 Å². The van der Waals surface area contributed by atoms with Crippen molar-refractivity contribution in [3.63, 3.8) is 0 Å². The van der Waals surface area contributed by atoms with Crippen LogP contribution in [0.15, 0.2) is 163 Å². The van der Waals surface area contributed by atoms with Crippen LogP contribution in [0.3, 0.4) is 0 Å². The monoisotopic (exact) mass is 868 g/mol. The van der Waals surface area contributed by atoms with E-state index in [1.807, 2.05) is 78.9 Å². The number of thioether (sulfide) groups is 1. The number of amides is 2. The summed E-state index contributed by atoms with van der Waals surface area (Å²) in [6.07, 6.45) is -0.883. The Kier molecular flexibility index (Phi) is 12.3. The molecule has 7 nitrogen and oxygen atoms in total. The van der Waals surface area contributed by atoms with Crippen molar-refractivity contribution >= 4 is 52.9 Å². The molecule has 10 heteroatoms. The average molecular weight is 869 g/mol. The SMILES string of the molecule is CC(C)(C)OC(=O)N[C@@H]1C(=O)N2C(C(=O)OC(c3ccccc3)c3ccccc3)=C(C[P+](c3ccccc3)(c3ccccc3)c3ccccc3)CS[C@@H]12.[I-]. The maximum absolute atomic E-state index is 14.9. The van der Waals surface area contributed by atoms with Crippen LogP contribution in [-0.2, 0) is 19.1 Å². The predicted octanol–water partition coefficient (Wildman–Crippen LogP) is 4.38. The lowest BCUT2D eigenvalue weighted by molar-refractivity contribution is -0.153. The molecule has 0 aromatic heterocycles. The molecule has 2 aliphatic heterocycles. The first-order chi connectivity index (χ1) is 25.7. The van der Waals surface area contributed by atoms with Crippen LogP contribution < -0.4 is 45.2 Å². The fraction of sp³-hybridized carbons (Fsp3) is 0.205. The standard InChI is InChI=1S/C44H41N2O5PS.HI/c1-44(2,3)51-43(49)45-37-40(47)46-38(42(48)50-39(31-19-9-4-10-20-31)32-21-11-5-12-22-32)33(30-53-41(37)46)29-52(34-23-13-6-14-24-34,35-25-15-7-16-26-35)36-27-17-8-18-28-36;/h4-28,37,39,41H,29-30H2,1-3H3;1H/t37-,41+;/m1./s1. The number of esters is 1. The third-order valence-corrected chi connectivity index (χ3v) is 15.1. The van der Waals surface area contributed by atoms with Gasteiger partial charge in [-0.25, -0.2) is 9.59 Å². The van der Waals surface area contributed by atoms with E-state index in [1.54, 1.807) is 20.8 Å². The van der Waals surface area contributed by atoms with Crippen LogP contribution in [0.4, 0.5) is 4.79 Å². The number of nitrogens with zero attached hydrogens (tertiary/aromatic N) is 1. The molecule has 276 valence electrons. The molecule has 54 heavy (non-hydrogen) atoms. The molecule has 2 aliphatic rings. The van der Waals surface area contributed by atoms with E-state index in [1.165, 1.54) is 16.7 Å². The average Bonchev–Trinajstić information content (AvgIpc) is 3.18. The van der Waals surface area contributed by atoms with Crippen molar-refractivity contribution in [3.05, 3.63) is 174 Å². The second kappa shape index (κ2) is 16.9. The number of ether oxygens (including phenoxy) is 2. The van der Waals surface area contributed by atoms with Gasteiger partial charge in [0.2, 0.25) is 0 Å². The van der Waals surface area contributed by atoms with Gasteiger partial charge in [0.05, 0.1) is 6.16 Å². The van der Waals surface area contributed by atoms with Gasteiger partial charge < -0.3 is 38.8 Å². The zero-order valence-electron chi connectivity index (χ0n) is 30.3. The lowest BCUT2D eigenvalue weighted by Gasteiger charge is -2.50. The molecular formula is C44H42IN2O5PS. The smallest absolute Gasteiger partial charge is 0.408 e. The second-order valence-corrected chi connectivity index (χ2v) is 18.7. The quantitative estimate of drug-likeness (QED) is 0.0973. The van der Waals surface area contributed by atoms with Crippen LogP contribution in [0, 0.1) is 0 Å². The minimum Gasteiger partial charge on any atom is -1.00 e. The molecule has 2 atom stereocenters. The maximum Gasteiger partial charge on any atom is 0.408 e. The van der Waals surface area contributed by atoms with Gasteiger partial charge in [0.1, 0.15) is 45.9 Å². The Morgan fingerprint density at radius 1 is 0.741 bits per heavy atom. The summed E-state index contributed by atoms with van der Waals surface area (Å²) in [6, 6.07) is 49.8. The molecule has 7 rings (SSSR count). The number of nitrogens with one attached hydrogen (secondary N) is 1. The largest absolute Gasteiger partial charge is 1.00 e. The van der Waals surface area contributed by atoms with Crippen molar-refractivity contribution in [2.75, 3.05) is 11.9 Å². The highest BCUT2D eigenvalue weighted by Crippen LogP contribution is 2.58. The number of β-lactam (4-membered cyclic amide) rings is 1. The summed E-state index contributed by atoms with van der Waals surface area (Å²) in [6.45, 7) is 5.33. The molecule has 2 heterocycles. The summed E-state index contributed by atoms with van der Waals surface area (Å²) in [5.74, 6) is -0.503. The molecule has 0 unspecified atom stereocenters. The molecule has 1 saturated heterocycles. The van der Waals surface area contributed by atoms with Crippen LogP contribution >= 0.6 is 19.0 Å². The van der Waals surface area contributed by atoms with E-state index in [0.717, 1.165) is 32.6 Å². The summed E-state index contributed by atoms with van der Waals surface area (Å²) >= 11 is 1.54. The van der Waals surface area contributed by atoms with Crippen molar-refractivity contribution < 1.29 is 47.8 Å². The normalized spacial score (nSPS) is 16.8. The molecule has 0 spiro atoms. The molecule has 1 fully saturated rings. The van der Waals surface area contributed by atoms with Gasteiger partial charge in [-0.05, 0) is 68.3 Å². The van der Waals surface area contributed by atoms with Gasteiger partial charge >= 0.3 is 12.1 Å². The number of benzene rings is 5. The van der Waals surface area contributed by atoms with Gasteiger partial charge in [-0.2, -0.15) is 0 Å². The van der Waals surface area contributed by atoms with Gasteiger partial charge in [0.25, 0.3) is 5.91 Å². The lowest BCUT2D eigenvalue weighted by Crippen LogP contribution is -3.00. The number of hydrogen-bond acceptors (Lipinski definition) is 6. The third kappa shape index (κ3) is 8.14. The lowest BCUT2D eigenvalue weighted by atomic mass is 10.0.